The molecule has 2 atom stereocenters. The Morgan fingerprint density at radius 1 is 1.56 bits per heavy atom. The normalized spacial score (nSPS) is 22.1. The summed E-state index contributed by atoms with van der Waals surface area (Å²) in [6.45, 7) is 3.34. The minimum atomic E-state index is -0.0126. The number of rotatable bonds is 3. The summed E-state index contributed by atoms with van der Waals surface area (Å²) in [6, 6.07) is 5.67. The molecule has 1 saturated heterocycles. The predicted octanol–water partition coefficient (Wildman–Crippen LogP) is 2.53. The Labute approximate surface area is 100 Å². The maximum atomic E-state index is 6.13. The number of ether oxygens (including phenoxy) is 2. The fraction of sp³-hybridized carbons (Fsp3) is 0.500. The molecule has 0 bridgehead atoms. The van der Waals surface area contributed by atoms with Crippen LogP contribution < -0.4 is 10.5 Å². The van der Waals surface area contributed by atoms with Crippen LogP contribution in [0.25, 0.3) is 0 Å². The largest absolute Gasteiger partial charge is 0.486 e. The number of hydrogen-bond acceptors (Lipinski definition) is 3. The molecule has 2 rings (SSSR count). The Morgan fingerprint density at radius 2 is 2.38 bits per heavy atom. The lowest BCUT2D eigenvalue weighted by Gasteiger charge is -2.14. The molecule has 0 amide bonds. The molecule has 4 heteroatoms. The molecule has 1 aromatic rings. The molecule has 1 aliphatic heterocycles. The number of nitrogens with two attached hydrogens (primary N) is 1. The molecular formula is C12H16ClNO2. The monoisotopic (exact) mass is 241 g/mol. The Bertz CT molecular complexity index is 362. The summed E-state index contributed by atoms with van der Waals surface area (Å²) in [7, 11) is 0. The molecule has 16 heavy (non-hydrogen) atoms. The third-order valence-corrected chi connectivity index (χ3v) is 2.96. The Hall–Kier alpha value is -0.770. The molecule has 1 unspecified atom stereocenters. The molecule has 1 aliphatic rings. The Morgan fingerprint density at radius 3 is 2.94 bits per heavy atom. The average Bonchev–Trinajstić information content (AvgIpc) is 2.73. The maximum Gasteiger partial charge on any atom is 0.138 e. The third-order valence-electron chi connectivity index (χ3n) is 2.66. The second kappa shape index (κ2) is 5.04. The third kappa shape index (κ3) is 2.67. The molecule has 0 radical (unpaired) electrons. The van der Waals surface area contributed by atoms with Gasteiger partial charge in [0.1, 0.15) is 11.9 Å². The number of hydrogen-bond donors (Lipinski definition) is 1. The van der Waals surface area contributed by atoms with Gasteiger partial charge >= 0.3 is 0 Å². The zero-order chi connectivity index (χ0) is 11.5. The van der Waals surface area contributed by atoms with Crippen molar-refractivity contribution in [1.29, 1.82) is 0 Å². The quantitative estimate of drug-likeness (QED) is 0.885. The Balaban J connectivity index is 2.09. The van der Waals surface area contributed by atoms with Crippen LogP contribution >= 0.6 is 11.6 Å². The zero-order valence-electron chi connectivity index (χ0n) is 9.28. The van der Waals surface area contributed by atoms with Gasteiger partial charge in [0.2, 0.25) is 0 Å². The van der Waals surface area contributed by atoms with Gasteiger partial charge in [0.15, 0.2) is 0 Å². The van der Waals surface area contributed by atoms with Crippen LogP contribution in [0, 0.1) is 0 Å². The van der Waals surface area contributed by atoms with E-state index in [4.69, 9.17) is 26.8 Å². The summed E-state index contributed by atoms with van der Waals surface area (Å²) in [5.74, 6) is 0.710. The average molecular weight is 242 g/mol. The van der Waals surface area contributed by atoms with Crippen LogP contribution in [-0.2, 0) is 4.74 Å². The minimum absolute atomic E-state index is 0.0126. The summed E-state index contributed by atoms with van der Waals surface area (Å²) >= 11 is 6.13. The van der Waals surface area contributed by atoms with Gasteiger partial charge in [-0.15, -0.1) is 0 Å². The number of benzene rings is 1. The van der Waals surface area contributed by atoms with E-state index in [2.05, 4.69) is 0 Å². The molecule has 2 N–H and O–H groups in total. The van der Waals surface area contributed by atoms with E-state index in [1.54, 1.807) is 0 Å². The van der Waals surface area contributed by atoms with Crippen LogP contribution in [0.3, 0.4) is 0 Å². The van der Waals surface area contributed by atoms with E-state index in [0.717, 1.165) is 18.6 Å². The highest BCUT2D eigenvalue weighted by Gasteiger charge is 2.18. The van der Waals surface area contributed by atoms with E-state index < -0.39 is 0 Å². The highest BCUT2D eigenvalue weighted by atomic mass is 35.5. The predicted molar refractivity (Wildman–Crippen MR) is 63.9 cm³/mol. The fourth-order valence-corrected chi connectivity index (χ4v) is 1.91. The molecule has 88 valence electrons. The fourth-order valence-electron chi connectivity index (χ4n) is 1.68. The summed E-state index contributed by atoms with van der Waals surface area (Å²) in [6.07, 6.45) is 1.05. The lowest BCUT2D eigenvalue weighted by atomic mass is 10.1. The molecular weight excluding hydrogens is 226 g/mol. The van der Waals surface area contributed by atoms with Crippen LogP contribution in [0.2, 0.25) is 5.02 Å². The second-order valence-electron chi connectivity index (χ2n) is 4.08. The zero-order valence-corrected chi connectivity index (χ0v) is 10.0. The van der Waals surface area contributed by atoms with Gasteiger partial charge in [0, 0.05) is 12.5 Å². The highest BCUT2D eigenvalue weighted by molar-refractivity contribution is 6.32. The van der Waals surface area contributed by atoms with Crippen LogP contribution in [0.5, 0.6) is 5.75 Å². The summed E-state index contributed by atoms with van der Waals surface area (Å²) in [5.41, 5.74) is 6.79. The standard InChI is InChI=1S/C12H16ClNO2/c1-8(14)9-2-3-12(11(13)6-9)16-10-4-5-15-7-10/h2-3,6,8,10H,4-5,7,14H2,1H3/t8-,10?/m1/s1. The van der Waals surface area contributed by atoms with Gasteiger partial charge in [-0.05, 0) is 24.6 Å². The smallest absolute Gasteiger partial charge is 0.138 e. The molecule has 3 nitrogen and oxygen atoms in total. The van der Waals surface area contributed by atoms with Gasteiger partial charge in [-0.1, -0.05) is 17.7 Å². The van der Waals surface area contributed by atoms with Crippen molar-refractivity contribution in [3.05, 3.63) is 28.8 Å². The molecule has 1 heterocycles. The van der Waals surface area contributed by atoms with Gasteiger partial charge in [-0.3, -0.25) is 0 Å². The van der Waals surface area contributed by atoms with Gasteiger partial charge < -0.3 is 15.2 Å². The van der Waals surface area contributed by atoms with Crippen molar-refractivity contribution >= 4 is 11.6 Å². The lowest BCUT2D eigenvalue weighted by Crippen LogP contribution is -2.16. The van der Waals surface area contributed by atoms with Crippen LogP contribution in [-0.4, -0.2) is 19.3 Å². The first-order chi connectivity index (χ1) is 7.66. The molecule has 0 saturated carbocycles. The molecule has 1 fully saturated rings. The van der Waals surface area contributed by atoms with Gasteiger partial charge in [0.25, 0.3) is 0 Å². The topological polar surface area (TPSA) is 44.5 Å². The van der Waals surface area contributed by atoms with Crippen LogP contribution in [0.4, 0.5) is 0 Å². The van der Waals surface area contributed by atoms with Crippen LogP contribution in [0.15, 0.2) is 18.2 Å². The molecule has 0 aromatic heterocycles. The summed E-state index contributed by atoms with van der Waals surface area (Å²) < 4.78 is 11.0. The van der Waals surface area contributed by atoms with Crippen molar-refractivity contribution in [3.63, 3.8) is 0 Å². The molecule has 0 spiro atoms. The van der Waals surface area contributed by atoms with Gasteiger partial charge in [-0.2, -0.15) is 0 Å². The van der Waals surface area contributed by atoms with E-state index in [9.17, 15) is 0 Å². The molecule has 1 aromatic carbocycles. The van der Waals surface area contributed by atoms with E-state index in [1.165, 1.54) is 0 Å². The van der Waals surface area contributed by atoms with Crippen LogP contribution in [0.1, 0.15) is 24.9 Å². The van der Waals surface area contributed by atoms with Crippen molar-refractivity contribution < 1.29 is 9.47 Å². The van der Waals surface area contributed by atoms with Crippen molar-refractivity contribution in [3.8, 4) is 5.75 Å². The van der Waals surface area contributed by atoms with Crippen molar-refractivity contribution in [2.45, 2.75) is 25.5 Å². The van der Waals surface area contributed by atoms with Crippen molar-refractivity contribution in [1.82, 2.24) is 0 Å². The first-order valence-electron chi connectivity index (χ1n) is 5.46. The van der Waals surface area contributed by atoms with E-state index in [-0.39, 0.29) is 12.1 Å². The van der Waals surface area contributed by atoms with Gasteiger partial charge in [0.05, 0.1) is 18.2 Å². The summed E-state index contributed by atoms with van der Waals surface area (Å²) in [5, 5.41) is 0.613. The maximum absolute atomic E-state index is 6.13. The van der Waals surface area contributed by atoms with E-state index in [1.807, 2.05) is 25.1 Å². The van der Waals surface area contributed by atoms with Crippen molar-refractivity contribution in [2.75, 3.05) is 13.2 Å². The van der Waals surface area contributed by atoms with E-state index in [0.29, 0.717) is 17.4 Å². The SMILES string of the molecule is C[C@@H](N)c1ccc(OC2CCOC2)c(Cl)c1. The number of halogens is 1. The second-order valence-corrected chi connectivity index (χ2v) is 4.49. The first kappa shape index (κ1) is 11.7. The van der Waals surface area contributed by atoms with E-state index >= 15 is 0 Å². The summed E-state index contributed by atoms with van der Waals surface area (Å²) in [4.78, 5) is 0. The minimum Gasteiger partial charge on any atom is -0.486 e. The Kier molecular flexibility index (Phi) is 3.69. The molecule has 0 aliphatic carbocycles. The van der Waals surface area contributed by atoms with Gasteiger partial charge in [-0.25, -0.2) is 0 Å². The lowest BCUT2D eigenvalue weighted by molar-refractivity contribution is 0.141. The first-order valence-corrected chi connectivity index (χ1v) is 5.84. The van der Waals surface area contributed by atoms with Crippen molar-refractivity contribution in [2.24, 2.45) is 5.73 Å². The highest BCUT2D eigenvalue weighted by Crippen LogP contribution is 2.29.